The third kappa shape index (κ3) is 4.29. The zero-order chi connectivity index (χ0) is 25.7. The molecule has 0 aliphatic carbocycles. The van der Waals surface area contributed by atoms with Crippen molar-refractivity contribution in [3.63, 3.8) is 0 Å². The molecule has 0 fully saturated rings. The second kappa shape index (κ2) is 8.83. The van der Waals surface area contributed by atoms with Crippen LogP contribution in [0.25, 0.3) is 27.5 Å². The average Bonchev–Trinajstić information content (AvgIpc) is 3.33. The van der Waals surface area contributed by atoms with Gasteiger partial charge in [0, 0.05) is 40.1 Å². The molecule has 2 aromatic carbocycles. The molecule has 0 radical (unpaired) electrons. The highest BCUT2D eigenvalue weighted by molar-refractivity contribution is 6.02. The summed E-state index contributed by atoms with van der Waals surface area (Å²) in [6.07, 6.45) is 1.94. The molecule has 0 saturated heterocycles. The van der Waals surface area contributed by atoms with Crippen LogP contribution in [0, 0.1) is 11.2 Å². The van der Waals surface area contributed by atoms with Gasteiger partial charge in [-0.25, -0.2) is 4.39 Å². The van der Waals surface area contributed by atoms with Gasteiger partial charge in [0.1, 0.15) is 0 Å². The first-order valence-corrected chi connectivity index (χ1v) is 11.6. The van der Waals surface area contributed by atoms with Gasteiger partial charge in [-0.3, -0.25) is 9.59 Å². The van der Waals surface area contributed by atoms with Crippen LogP contribution < -0.4 is 4.74 Å². The minimum absolute atomic E-state index is 0.0379. The Bertz CT molecular complexity index is 1460. The first kappa shape index (κ1) is 24.4. The fourth-order valence-electron chi connectivity index (χ4n) is 4.54. The van der Waals surface area contributed by atoms with Crippen molar-refractivity contribution in [2.24, 2.45) is 5.41 Å². The highest BCUT2D eigenvalue weighted by atomic mass is 19.1. The fourth-order valence-corrected chi connectivity index (χ4v) is 4.54. The van der Waals surface area contributed by atoms with E-state index in [0.717, 1.165) is 27.5 Å². The normalized spacial score (nSPS) is 12.1. The van der Waals surface area contributed by atoms with E-state index in [4.69, 9.17) is 4.74 Å². The number of methoxy groups -OCH3 is 1. The standard InChI is InChI=1S/C27H30FN3O4/c1-15(2)25-18(8-10-24(32)33)19-13-21-16(14-29-31(21)26(34)27(3,4)5)11-22(19)30(25)17-7-9-20(28)23(12-17)35-6/h7,9,11-15H,8,10H2,1-6H3,(H,32,33). The van der Waals surface area contributed by atoms with Gasteiger partial charge in [0.2, 0.25) is 0 Å². The van der Waals surface area contributed by atoms with E-state index in [1.165, 1.54) is 17.9 Å². The number of benzene rings is 2. The summed E-state index contributed by atoms with van der Waals surface area (Å²) >= 11 is 0. The van der Waals surface area contributed by atoms with Crippen LogP contribution in [-0.4, -0.2) is 38.4 Å². The van der Waals surface area contributed by atoms with E-state index in [0.29, 0.717) is 17.6 Å². The molecule has 0 bridgehead atoms. The third-order valence-corrected chi connectivity index (χ3v) is 6.16. The van der Waals surface area contributed by atoms with Crippen molar-refractivity contribution in [2.75, 3.05) is 7.11 Å². The van der Waals surface area contributed by atoms with Crippen molar-refractivity contribution in [1.82, 2.24) is 14.3 Å². The number of rotatable bonds is 6. The monoisotopic (exact) mass is 479 g/mol. The maximum absolute atomic E-state index is 14.2. The summed E-state index contributed by atoms with van der Waals surface area (Å²) in [7, 11) is 1.42. The number of aryl methyl sites for hydroxylation is 1. The molecule has 0 amide bonds. The maximum atomic E-state index is 14.2. The number of ether oxygens (including phenoxy) is 1. The lowest BCUT2D eigenvalue weighted by molar-refractivity contribution is -0.136. The first-order chi connectivity index (χ1) is 16.4. The van der Waals surface area contributed by atoms with Crippen LogP contribution in [0.2, 0.25) is 0 Å². The Hall–Kier alpha value is -3.68. The van der Waals surface area contributed by atoms with Crippen molar-refractivity contribution in [3.8, 4) is 11.4 Å². The van der Waals surface area contributed by atoms with Crippen molar-refractivity contribution >= 4 is 33.7 Å². The number of hydrogen-bond acceptors (Lipinski definition) is 4. The van der Waals surface area contributed by atoms with E-state index in [2.05, 4.69) is 5.10 Å². The molecule has 2 heterocycles. The van der Waals surface area contributed by atoms with Crippen molar-refractivity contribution in [3.05, 3.63) is 53.6 Å². The zero-order valence-electron chi connectivity index (χ0n) is 20.8. The Morgan fingerprint density at radius 3 is 2.46 bits per heavy atom. The van der Waals surface area contributed by atoms with Crippen LogP contribution in [0.5, 0.6) is 5.75 Å². The van der Waals surface area contributed by atoms with Crippen LogP contribution >= 0.6 is 0 Å². The van der Waals surface area contributed by atoms with E-state index in [1.807, 2.05) is 51.3 Å². The minimum Gasteiger partial charge on any atom is -0.494 e. The number of halogens is 1. The molecular weight excluding hydrogens is 449 g/mol. The number of aliphatic carboxylic acids is 1. The SMILES string of the molecule is COc1cc(-n2c(C(C)C)c(CCC(=O)O)c3cc4c(cnn4C(=O)C(C)(C)C)cc32)ccc1F. The number of fused-ring (bicyclic) bond motifs is 2. The summed E-state index contributed by atoms with van der Waals surface area (Å²) in [5.74, 6) is -1.33. The average molecular weight is 480 g/mol. The zero-order valence-corrected chi connectivity index (χ0v) is 20.8. The lowest BCUT2D eigenvalue weighted by atomic mass is 9.95. The fraction of sp³-hybridized carbons (Fsp3) is 0.370. The molecule has 0 aliphatic rings. The highest BCUT2D eigenvalue weighted by Crippen LogP contribution is 2.38. The summed E-state index contributed by atoms with van der Waals surface area (Å²) in [4.78, 5) is 24.5. The van der Waals surface area contributed by atoms with Gasteiger partial charge in [-0.05, 0) is 42.2 Å². The number of hydrogen-bond donors (Lipinski definition) is 1. The van der Waals surface area contributed by atoms with E-state index in [-0.39, 0.29) is 24.0 Å². The summed E-state index contributed by atoms with van der Waals surface area (Å²) in [6.45, 7) is 9.61. The highest BCUT2D eigenvalue weighted by Gasteiger charge is 2.27. The molecule has 2 aromatic heterocycles. The molecule has 0 unspecified atom stereocenters. The lowest BCUT2D eigenvalue weighted by Gasteiger charge is -2.16. The molecule has 0 spiro atoms. The Morgan fingerprint density at radius 1 is 1.14 bits per heavy atom. The predicted molar refractivity (Wildman–Crippen MR) is 133 cm³/mol. The number of carboxylic acids is 1. The van der Waals surface area contributed by atoms with Crippen molar-refractivity contribution in [1.29, 1.82) is 0 Å². The van der Waals surface area contributed by atoms with Gasteiger partial charge in [0.15, 0.2) is 11.6 Å². The van der Waals surface area contributed by atoms with Gasteiger partial charge >= 0.3 is 5.97 Å². The molecule has 0 saturated carbocycles. The Balaban J connectivity index is 2.09. The van der Waals surface area contributed by atoms with Gasteiger partial charge in [-0.2, -0.15) is 9.78 Å². The summed E-state index contributed by atoms with van der Waals surface area (Å²) in [5.41, 5.74) is 3.40. The van der Waals surface area contributed by atoms with Crippen molar-refractivity contribution < 1.29 is 23.8 Å². The number of carboxylic acid groups (broad SMARTS) is 1. The Morgan fingerprint density at radius 2 is 1.86 bits per heavy atom. The summed E-state index contributed by atoms with van der Waals surface area (Å²) < 4.78 is 22.9. The second-order valence-corrected chi connectivity index (χ2v) is 10.1. The van der Waals surface area contributed by atoms with Crippen LogP contribution in [0.1, 0.15) is 63.0 Å². The molecular formula is C27H30FN3O4. The molecule has 1 N–H and O–H groups in total. The molecule has 184 valence electrons. The van der Waals surface area contributed by atoms with Crippen molar-refractivity contribution in [2.45, 2.75) is 53.4 Å². The van der Waals surface area contributed by atoms with Crippen LogP contribution in [0.4, 0.5) is 4.39 Å². The Labute approximate surface area is 203 Å². The first-order valence-electron chi connectivity index (χ1n) is 11.6. The molecule has 4 aromatic rings. The van der Waals surface area contributed by atoms with Gasteiger partial charge in [-0.1, -0.05) is 34.6 Å². The molecule has 0 aliphatic heterocycles. The van der Waals surface area contributed by atoms with Gasteiger partial charge < -0.3 is 14.4 Å². The van der Waals surface area contributed by atoms with E-state index in [1.54, 1.807) is 18.3 Å². The molecule has 8 heteroatoms. The smallest absolute Gasteiger partial charge is 0.303 e. The summed E-state index contributed by atoms with van der Waals surface area (Å²) in [6, 6.07) is 8.55. The predicted octanol–water partition coefficient (Wildman–Crippen LogP) is 5.95. The Kier molecular flexibility index (Phi) is 6.17. The lowest BCUT2D eigenvalue weighted by Crippen LogP contribution is -2.27. The number of carbonyl (C=O) groups excluding carboxylic acids is 1. The van der Waals surface area contributed by atoms with Gasteiger partial charge in [0.25, 0.3) is 5.91 Å². The third-order valence-electron chi connectivity index (χ3n) is 6.16. The molecule has 4 rings (SSSR count). The topological polar surface area (TPSA) is 86.3 Å². The van der Waals surface area contributed by atoms with E-state index >= 15 is 0 Å². The number of aromatic nitrogens is 3. The molecule has 0 atom stereocenters. The molecule has 7 nitrogen and oxygen atoms in total. The van der Waals surface area contributed by atoms with Crippen LogP contribution in [0.3, 0.4) is 0 Å². The van der Waals surface area contributed by atoms with Crippen LogP contribution in [0.15, 0.2) is 36.5 Å². The van der Waals surface area contributed by atoms with E-state index < -0.39 is 17.2 Å². The van der Waals surface area contributed by atoms with Gasteiger partial charge in [0.05, 0.1) is 24.3 Å². The number of carbonyl (C=O) groups is 2. The largest absolute Gasteiger partial charge is 0.494 e. The number of nitrogens with zero attached hydrogens (tertiary/aromatic N) is 3. The molecule has 35 heavy (non-hydrogen) atoms. The van der Waals surface area contributed by atoms with E-state index in [9.17, 15) is 19.1 Å². The van der Waals surface area contributed by atoms with Gasteiger partial charge in [-0.15, -0.1) is 0 Å². The maximum Gasteiger partial charge on any atom is 0.303 e. The summed E-state index contributed by atoms with van der Waals surface area (Å²) in [5, 5.41) is 15.4. The second-order valence-electron chi connectivity index (χ2n) is 10.1. The minimum atomic E-state index is -0.891. The van der Waals surface area contributed by atoms with Crippen LogP contribution in [-0.2, 0) is 11.2 Å². The quantitative estimate of drug-likeness (QED) is 0.369.